The molecule has 2 rings (SSSR count). The van der Waals surface area contributed by atoms with Crippen molar-refractivity contribution in [3.8, 4) is 0 Å². The number of aliphatic imine (C=N–C) groups is 1. The Morgan fingerprint density at radius 2 is 1.89 bits per heavy atom. The highest BCUT2D eigenvalue weighted by atomic mass is 127. The van der Waals surface area contributed by atoms with Crippen LogP contribution in [0.2, 0.25) is 0 Å². The Morgan fingerprint density at radius 3 is 2.44 bits per heavy atom. The average Bonchev–Trinajstić information content (AvgIpc) is 2.97. The maximum Gasteiger partial charge on any atom is 0.435 e. The zero-order chi connectivity index (χ0) is 19.4. The van der Waals surface area contributed by atoms with Gasteiger partial charge in [-0.3, -0.25) is 14.6 Å². The van der Waals surface area contributed by atoms with Crippen molar-refractivity contribution in [3.63, 3.8) is 0 Å². The van der Waals surface area contributed by atoms with Crippen molar-refractivity contribution < 1.29 is 17.9 Å². The van der Waals surface area contributed by atoms with E-state index in [0.717, 1.165) is 17.8 Å². The molecule has 7 nitrogen and oxygen atoms in total. The molecule has 0 aliphatic carbocycles. The van der Waals surface area contributed by atoms with Crippen LogP contribution in [0.4, 0.5) is 13.2 Å². The summed E-state index contributed by atoms with van der Waals surface area (Å²) in [5.74, 6) is 0.448. The number of nitrogens with one attached hydrogen (secondary N) is 2. The maximum absolute atomic E-state index is 13.0. The Hall–Kier alpha value is -1.08. The third kappa shape index (κ3) is 6.79. The van der Waals surface area contributed by atoms with E-state index in [1.54, 1.807) is 7.05 Å². The van der Waals surface area contributed by atoms with E-state index in [1.165, 1.54) is 13.2 Å². The minimum atomic E-state index is -4.48. The molecule has 1 saturated heterocycles. The molecule has 0 atom stereocenters. The van der Waals surface area contributed by atoms with Crippen LogP contribution >= 0.6 is 24.0 Å². The Balaban J connectivity index is 0.00000364. The molecule has 0 aromatic carbocycles. The van der Waals surface area contributed by atoms with Gasteiger partial charge >= 0.3 is 6.18 Å². The monoisotopic (exact) mass is 504 g/mol. The van der Waals surface area contributed by atoms with Crippen molar-refractivity contribution in [2.75, 3.05) is 39.9 Å². The Bertz CT molecular complexity index is 626. The number of ether oxygens (including phenoxy) is 1. The van der Waals surface area contributed by atoms with Crippen molar-refractivity contribution in [1.29, 1.82) is 0 Å². The third-order valence-electron chi connectivity index (χ3n) is 4.40. The average molecular weight is 504 g/mol. The molecule has 0 amide bonds. The molecular formula is C16H28F3IN6O. The summed E-state index contributed by atoms with van der Waals surface area (Å²) < 4.78 is 45.6. The molecule has 0 radical (unpaired) electrons. The van der Waals surface area contributed by atoms with E-state index in [0.29, 0.717) is 25.7 Å². The number of rotatable bonds is 5. The SMILES string of the molecule is CN=C(NCc1cn(C)nc1C(F)(F)F)NCC(C)(C)N1CCOCC1.I. The molecule has 1 fully saturated rings. The van der Waals surface area contributed by atoms with Gasteiger partial charge in [0.1, 0.15) is 0 Å². The highest BCUT2D eigenvalue weighted by Gasteiger charge is 2.36. The molecule has 11 heteroatoms. The molecule has 0 spiro atoms. The van der Waals surface area contributed by atoms with E-state index < -0.39 is 11.9 Å². The van der Waals surface area contributed by atoms with Crippen molar-refractivity contribution in [1.82, 2.24) is 25.3 Å². The lowest BCUT2D eigenvalue weighted by molar-refractivity contribution is -0.142. The lowest BCUT2D eigenvalue weighted by Gasteiger charge is -2.41. The second-order valence-electron chi connectivity index (χ2n) is 6.87. The molecule has 2 N–H and O–H groups in total. The number of aromatic nitrogens is 2. The first-order valence-corrected chi connectivity index (χ1v) is 8.50. The molecular weight excluding hydrogens is 476 g/mol. The van der Waals surface area contributed by atoms with Crippen LogP contribution in [-0.4, -0.2) is 66.1 Å². The van der Waals surface area contributed by atoms with Crippen molar-refractivity contribution in [3.05, 3.63) is 17.5 Å². The van der Waals surface area contributed by atoms with Gasteiger partial charge < -0.3 is 15.4 Å². The molecule has 27 heavy (non-hydrogen) atoms. The van der Waals surface area contributed by atoms with Gasteiger partial charge in [0, 0.05) is 57.6 Å². The van der Waals surface area contributed by atoms with Crippen molar-refractivity contribution in [2.24, 2.45) is 12.0 Å². The van der Waals surface area contributed by atoms with Gasteiger partial charge in [0.2, 0.25) is 0 Å². The number of aryl methyl sites for hydroxylation is 1. The number of halogens is 4. The first-order valence-electron chi connectivity index (χ1n) is 8.50. The van der Waals surface area contributed by atoms with E-state index >= 15 is 0 Å². The predicted molar refractivity (Wildman–Crippen MR) is 108 cm³/mol. The number of nitrogens with zero attached hydrogens (tertiary/aromatic N) is 4. The maximum atomic E-state index is 13.0. The highest BCUT2D eigenvalue weighted by molar-refractivity contribution is 14.0. The van der Waals surface area contributed by atoms with Crippen LogP contribution in [0, 0.1) is 0 Å². The van der Waals surface area contributed by atoms with Gasteiger partial charge in [-0.1, -0.05) is 0 Å². The summed E-state index contributed by atoms with van der Waals surface area (Å²) >= 11 is 0. The number of hydrogen-bond donors (Lipinski definition) is 2. The fourth-order valence-corrected chi connectivity index (χ4v) is 2.89. The molecule has 0 bridgehead atoms. The predicted octanol–water partition coefficient (Wildman–Crippen LogP) is 1.83. The first kappa shape index (κ1) is 24.0. The smallest absolute Gasteiger partial charge is 0.379 e. The second-order valence-corrected chi connectivity index (χ2v) is 6.87. The number of guanidine groups is 1. The Morgan fingerprint density at radius 1 is 1.26 bits per heavy atom. The Labute approximate surface area is 174 Å². The van der Waals surface area contributed by atoms with E-state index in [9.17, 15) is 13.2 Å². The molecule has 0 unspecified atom stereocenters. The van der Waals surface area contributed by atoms with Gasteiger partial charge in [-0.15, -0.1) is 24.0 Å². The van der Waals surface area contributed by atoms with E-state index in [4.69, 9.17) is 4.74 Å². The van der Waals surface area contributed by atoms with E-state index in [-0.39, 0.29) is 41.6 Å². The highest BCUT2D eigenvalue weighted by Crippen LogP contribution is 2.30. The van der Waals surface area contributed by atoms with Crippen molar-refractivity contribution in [2.45, 2.75) is 32.1 Å². The minimum Gasteiger partial charge on any atom is -0.379 e. The number of hydrogen-bond acceptors (Lipinski definition) is 4. The van der Waals surface area contributed by atoms with Crippen molar-refractivity contribution >= 4 is 29.9 Å². The summed E-state index contributed by atoms with van der Waals surface area (Å²) in [6, 6.07) is 0. The normalized spacial score (nSPS) is 16.8. The quantitative estimate of drug-likeness (QED) is 0.364. The topological polar surface area (TPSA) is 66.7 Å². The van der Waals surface area contributed by atoms with Gasteiger partial charge in [0.05, 0.1) is 13.2 Å². The summed E-state index contributed by atoms with van der Waals surface area (Å²) in [4.78, 5) is 6.41. The zero-order valence-corrected chi connectivity index (χ0v) is 18.4. The van der Waals surface area contributed by atoms with E-state index in [1.807, 2.05) is 0 Å². The molecule has 1 aliphatic heterocycles. The first-order chi connectivity index (χ1) is 12.1. The van der Waals surface area contributed by atoms with Gasteiger partial charge in [-0.05, 0) is 13.8 Å². The molecule has 0 saturated carbocycles. The van der Waals surface area contributed by atoms with Gasteiger partial charge in [-0.2, -0.15) is 18.3 Å². The minimum absolute atomic E-state index is 0. The van der Waals surface area contributed by atoms with Gasteiger partial charge in [0.25, 0.3) is 0 Å². The second kappa shape index (κ2) is 9.92. The lowest BCUT2D eigenvalue weighted by Crippen LogP contribution is -2.56. The van der Waals surface area contributed by atoms with Crippen LogP contribution in [0.15, 0.2) is 11.2 Å². The fourth-order valence-electron chi connectivity index (χ4n) is 2.89. The third-order valence-corrected chi connectivity index (χ3v) is 4.40. The van der Waals surface area contributed by atoms with Crippen LogP contribution in [0.5, 0.6) is 0 Å². The zero-order valence-electron chi connectivity index (χ0n) is 16.1. The van der Waals surface area contributed by atoms with E-state index in [2.05, 4.69) is 39.5 Å². The number of alkyl halides is 3. The van der Waals surface area contributed by atoms with Gasteiger partial charge in [-0.25, -0.2) is 0 Å². The summed E-state index contributed by atoms with van der Waals surface area (Å²) in [5.41, 5.74) is -0.931. The summed E-state index contributed by atoms with van der Waals surface area (Å²) in [7, 11) is 3.06. The Kier molecular flexibility index (Phi) is 8.80. The van der Waals surface area contributed by atoms with Gasteiger partial charge in [0.15, 0.2) is 11.7 Å². The summed E-state index contributed by atoms with van der Waals surface area (Å²) in [6.45, 7) is 7.93. The fraction of sp³-hybridized carbons (Fsp3) is 0.750. The molecule has 2 heterocycles. The van der Waals surface area contributed by atoms with Crippen LogP contribution in [-0.2, 0) is 24.5 Å². The van der Waals surface area contributed by atoms with Crippen LogP contribution in [0.3, 0.4) is 0 Å². The molecule has 1 aliphatic rings. The largest absolute Gasteiger partial charge is 0.435 e. The molecule has 1 aromatic rings. The van der Waals surface area contributed by atoms with Crippen LogP contribution in [0.25, 0.3) is 0 Å². The molecule has 1 aromatic heterocycles. The lowest BCUT2D eigenvalue weighted by atomic mass is 10.0. The number of morpholine rings is 1. The molecule has 156 valence electrons. The van der Waals surface area contributed by atoms with Crippen LogP contribution < -0.4 is 10.6 Å². The summed E-state index contributed by atoms with van der Waals surface area (Å²) in [6.07, 6.45) is -3.12. The van der Waals surface area contributed by atoms with Crippen LogP contribution in [0.1, 0.15) is 25.1 Å². The summed E-state index contributed by atoms with van der Waals surface area (Å²) in [5, 5.41) is 9.62. The standard InChI is InChI=1S/C16H27F3N6O.HI/c1-15(2,25-5-7-26-8-6-25)11-22-14(20-3)21-9-12-10-24(4)23-13(12)16(17,18)19;/h10H,5-9,11H2,1-4H3,(H2,20,21,22);1H.